The molecule has 0 saturated carbocycles. The number of ether oxygens (including phenoxy) is 1. The molecule has 0 heterocycles. The van der Waals surface area contributed by atoms with E-state index >= 15 is 0 Å². The van der Waals surface area contributed by atoms with Gasteiger partial charge in [0.05, 0.1) is 6.61 Å². The molecule has 0 aromatic heterocycles. The maximum atomic E-state index is 12.0. The van der Waals surface area contributed by atoms with Gasteiger partial charge in [-0.15, -0.1) is 6.58 Å². The Morgan fingerprint density at radius 2 is 1.95 bits per heavy atom. The molecule has 1 amide bonds. The average molecular weight is 304 g/mol. The van der Waals surface area contributed by atoms with Gasteiger partial charge in [0.1, 0.15) is 6.10 Å². The molecule has 122 valence electrons. The minimum Gasteiger partial charge on any atom is -0.380 e. The quantitative estimate of drug-likeness (QED) is 0.515. The molecule has 0 aliphatic rings. The average Bonchev–Trinajstić information content (AvgIpc) is 2.51. The second-order valence-corrected chi connectivity index (χ2v) is 5.70. The van der Waals surface area contributed by atoms with Gasteiger partial charge in [0, 0.05) is 18.3 Å². The smallest absolute Gasteiger partial charge is 0.248 e. The standard InChI is InChI=1S/C18H28N2O2/c1-5-6-12-22-15(4)18(21)19-13-17(14(2)3)20-16-10-8-7-9-11-16/h5,7-11,14-15,17,20H,1,6,12-13H2,2-4H3,(H,19,21). The van der Waals surface area contributed by atoms with Crippen molar-refractivity contribution in [2.75, 3.05) is 18.5 Å². The Balaban J connectivity index is 2.43. The number of carbonyl (C=O) groups excluding carboxylic acids is 1. The topological polar surface area (TPSA) is 50.4 Å². The van der Waals surface area contributed by atoms with E-state index in [-0.39, 0.29) is 11.9 Å². The Morgan fingerprint density at radius 3 is 2.55 bits per heavy atom. The van der Waals surface area contributed by atoms with Gasteiger partial charge in [-0.25, -0.2) is 0 Å². The fourth-order valence-corrected chi connectivity index (χ4v) is 1.96. The lowest BCUT2D eigenvalue weighted by atomic mass is 10.0. The Morgan fingerprint density at radius 1 is 1.27 bits per heavy atom. The highest BCUT2D eigenvalue weighted by Gasteiger charge is 2.17. The van der Waals surface area contributed by atoms with Crippen molar-refractivity contribution in [1.82, 2.24) is 5.32 Å². The lowest BCUT2D eigenvalue weighted by Crippen LogP contribution is -2.43. The summed E-state index contributed by atoms with van der Waals surface area (Å²) in [6.07, 6.45) is 2.09. The van der Waals surface area contributed by atoms with Crippen molar-refractivity contribution in [1.29, 1.82) is 0 Å². The van der Waals surface area contributed by atoms with E-state index in [1.807, 2.05) is 30.3 Å². The summed E-state index contributed by atoms with van der Waals surface area (Å²) in [5.41, 5.74) is 1.06. The van der Waals surface area contributed by atoms with E-state index in [9.17, 15) is 4.79 Å². The summed E-state index contributed by atoms with van der Waals surface area (Å²) in [4.78, 5) is 12.0. The molecular formula is C18H28N2O2. The van der Waals surface area contributed by atoms with Gasteiger partial charge in [-0.3, -0.25) is 4.79 Å². The summed E-state index contributed by atoms with van der Waals surface area (Å²) in [5, 5.41) is 6.41. The van der Waals surface area contributed by atoms with E-state index in [1.54, 1.807) is 13.0 Å². The van der Waals surface area contributed by atoms with Crippen molar-refractivity contribution in [3.8, 4) is 0 Å². The Labute approximate surface area is 133 Å². The fourth-order valence-electron chi connectivity index (χ4n) is 1.96. The molecule has 2 atom stereocenters. The number of nitrogens with one attached hydrogen (secondary N) is 2. The van der Waals surface area contributed by atoms with E-state index in [4.69, 9.17) is 4.74 Å². The predicted octanol–water partition coefficient (Wildman–Crippen LogP) is 3.22. The van der Waals surface area contributed by atoms with Crippen molar-refractivity contribution in [2.45, 2.75) is 39.3 Å². The number of para-hydroxylation sites is 1. The van der Waals surface area contributed by atoms with Gasteiger partial charge >= 0.3 is 0 Å². The van der Waals surface area contributed by atoms with Crippen molar-refractivity contribution in [3.63, 3.8) is 0 Å². The van der Waals surface area contributed by atoms with Crippen LogP contribution in [-0.2, 0) is 9.53 Å². The number of benzene rings is 1. The van der Waals surface area contributed by atoms with Crippen LogP contribution in [0.1, 0.15) is 27.2 Å². The van der Waals surface area contributed by atoms with Crippen molar-refractivity contribution >= 4 is 11.6 Å². The van der Waals surface area contributed by atoms with Gasteiger partial charge in [-0.05, 0) is 31.4 Å². The van der Waals surface area contributed by atoms with Gasteiger partial charge in [0.15, 0.2) is 0 Å². The van der Waals surface area contributed by atoms with Gasteiger partial charge in [-0.2, -0.15) is 0 Å². The number of hydrogen-bond acceptors (Lipinski definition) is 3. The summed E-state index contributed by atoms with van der Waals surface area (Å²) in [6, 6.07) is 10.2. The van der Waals surface area contributed by atoms with Crippen LogP contribution in [0.2, 0.25) is 0 Å². The van der Waals surface area contributed by atoms with Gasteiger partial charge < -0.3 is 15.4 Å². The molecule has 1 aromatic rings. The molecule has 0 radical (unpaired) electrons. The largest absolute Gasteiger partial charge is 0.380 e. The molecule has 0 aliphatic carbocycles. The van der Waals surface area contributed by atoms with Gasteiger partial charge in [0.2, 0.25) is 5.91 Å². The van der Waals surface area contributed by atoms with Gasteiger partial charge in [-0.1, -0.05) is 38.1 Å². The molecular weight excluding hydrogens is 276 g/mol. The normalized spacial score (nSPS) is 13.5. The van der Waals surface area contributed by atoms with Crippen LogP contribution < -0.4 is 10.6 Å². The number of anilines is 1. The Hall–Kier alpha value is -1.81. The Bertz CT molecular complexity index is 446. The molecule has 0 bridgehead atoms. The SMILES string of the molecule is C=CCCOC(C)C(=O)NCC(Nc1ccccc1)C(C)C. The minimum absolute atomic E-state index is 0.0791. The first kappa shape index (κ1) is 18.2. The van der Waals surface area contributed by atoms with E-state index in [0.29, 0.717) is 19.1 Å². The first-order valence-electron chi connectivity index (χ1n) is 7.86. The second-order valence-electron chi connectivity index (χ2n) is 5.70. The Kier molecular flexibility index (Phi) is 8.30. The number of hydrogen-bond donors (Lipinski definition) is 2. The van der Waals surface area contributed by atoms with Crippen LogP contribution in [0.5, 0.6) is 0 Å². The maximum Gasteiger partial charge on any atom is 0.248 e. The number of carbonyl (C=O) groups is 1. The molecule has 0 aliphatic heterocycles. The lowest BCUT2D eigenvalue weighted by Gasteiger charge is -2.24. The monoisotopic (exact) mass is 304 g/mol. The van der Waals surface area contributed by atoms with Crippen molar-refractivity contribution in [3.05, 3.63) is 43.0 Å². The van der Waals surface area contributed by atoms with E-state index in [1.165, 1.54) is 0 Å². The molecule has 1 aromatic carbocycles. The number of amides is 1. The van der Waals surface area contributed by atoms with Crippen molar-refractivity contribution in [2.24, 2.45) is 5.92 Å². The van der Waals surface area contributed by atoms with E-state index in [2.05, 4.69) is 31.1 Å². The summed E-state index contributed by atoms with van der Waals surface area (Å²) in [7, 11) is 0. The molecule has 22 heavy (non-hydrogen) atoms. The predicted molar refractivity (Wildman–Crippen MR) is 91.9 cm³/mol. The molecule has 0 saturated heterocycles. The first-order chi connectivity index (χ1) is 10.5. The van der Waals surface area contributed by atoms with E-state index in [0.717, 1.165) is 12.1 Å². The van der Waals surface area contributed by atoms with Crippen LogP contribution in [0.3, 0.4) is 0 Å². The zero-order chi connectivity index (χ0) is 16.4. The van der Waals surface area contributed by atoms with Crippen LogP contribution >= 0.6 is 0 Å². The van der Waals surface area contributed by atoms with Crippen LogP contribution in [-0.4, -0.2) is 31.2 Å². The highest BCUT2D eigenvalue weighted by Crippen LogP contribution is 2.11. The molecule has 1 rings (SSSR count). The molecule has 4 heteroatoms. The summed E-state index contributed by atoms with van der Waals surface area (Å²) >= 11 is 0. The van der Waals surface area contributed by atoms with Gasteiger partial charge in [0.25, 0.3) is 0 Å². The molecule has 0 fully saturated rings. The highest BCUT2D eigenvalue weighted by atomic mass is 16.5. The molecule has 2 N–H and O–H groups in total. The molecule has 2 unspecified atom stereocenters. The summed E-state index contributed by atoms with van der Waals surface area (Å²) < 4.78 is 5.45. The minimum atomic E-state index is -0.440. The van der Waals surface area contributed by atoms with Crippen LogP contribution in [0.25, 0.3) is 0 Å². The maximum absolute atomic E-state index is 12.0. The van der Waals surface area contributed by atoms with Crippen molar-refractivity contribution < 1.29 is 9.53 Å². The molecule has 0 spiro atoms. The molecule has 4 nitrogen and oxygen atoms in total. The third-order valence-corrected chi connectivity index (χ3v) is 3.49. The summed E-state index contributed by atoms with van der Waals surface area (Å²) in [5.74, 6) is 0.321. The number of rotatable bonds is 10. The zero-order valence-electron chi connectivity index (χ0n) is 13.8. The fraction of sp³-hybridized carbons (Fsp3) is 0.500. The van der Waals surface area contributed by atoms with Crippen LogP contribution in [0, 0.1) is 5.92 Å². The summed E-state index contributed by atoms with van der Waals surface area (Å²) in [6.45, 7) is 10.8. The third-order valence-electron chi connectivity index (χ3n) is 3.49. The lowest BCUT2D eigenvalue weighted by molar-refractivity contribution is -0.131. The van der Waals surface area contributed by atoms with E-state index < -0.39 is 6.10 Å². The first-order valence-corrected chi connectivity index (χ1v) is 7.86. The zero-order valence-corrected chi connectivity index (χ0v) is 13.8. The van der Waals surface area contributed by atoms with Crippen LogP contribution in [0.15, 0.2) is 43.0 Å². The highest BCUT2D eigenvalue weighted by molar-refractivity contribution is 5.80. The van der Waals surface area contributed by atoms with Crippen LogP contribution in [0.4, 0.5) is 5.69 Å². The third kappa shape index (κ3) is 6.76. The second kappa shape index (κ2) is 10.0.